The van der Waals surface area contributed by atoms with E-state index in [1.807, 2.05) is 19.1 Å². The van der Waals surface area contributed by atoms with Crippen LogP contribution in [0.5, 0.6) is 0 Å². The molecule has 2 unspecified atom stereocenters. The largest absolute Gasteiger partial charge is 0.468 e. The molecule has 0 bridgehead atoms. The first kappa shape index (κ1) is 32.3. The van der Waals surface area contributed by atoms with E-state index >= 15 is 0 Å². The molecule has 0 aliphatic rings. The number of hydrogen-bond donors (Lipinski definition) is 3. The smallest absolute Gasteiger partial charge is 0.408 e. The topological polar surface area (TPSA) is 114 Å². The van der Waals surface area contributed by atoms with Crippen molar-refractivity contribution in [1.82, 2.24) is 15.5 Å². The van der Waals surface area contributed by atoms with Crippen molar-refractivity contribution < 1.29 is 28.7 Å². The Labute approximate surface area is 226 Å². The number of esters is 1. The summed E-state index contributed by atoms with van der Waals surface area (Å²) in [5.41, 5.74) is 0.694. The van der Waals surface area contributed by atoms with Crippen LogP contribution < -0.4 is 10.6 Å². The van der Waals surface area contributed by atoms with Crippen molar-refractivity contribution in [3.63, 3.8) is 0 Å². The maximum atomic E-state index is 13.9. The van der Waals surface area contributed by atoms with Gasteiger partial charge in [0.25, 0.3) is 0 Å². The second-order valence-electron chi connectivity index (χ2n) is 9.88. The number of ether oxygens (including phenoxy) is 2. The van der Waals surface area contributed by atoms with Gasteiger partial charge < -0.3 is 25.0 Å². The van der Waals surface area contributed by atoms with Crippen LogP contribution in [0.3, 0.4) is 0 Å². The van der Waals surface area contributed by atoms with Crippen molar-refractivity contribution in [3.05, 3.63) is 35.4 Å². The first-order chi connectivity index (χ1) is 17.4. The zero-order chi connectivity index (χ0) is 28.0. The van der Waals surface area contributed by atoms with Gasteiger partial charge in [-0.1, -0.05) is 56.9 Å². The first-order valence-electron chi connectivity index (χ1n) is 12.8. The molecule has 208 valence electrons. The van der Waals surface area contributed by atoms with E-state index in [9.17, 15) is 19.2 Å². The molecule has 0 aromatic heterocycles. The van der Waals surface area contributed by atoms with E-state index < -0.39 is 41.6 Å². The highest BCUT2D eigenvalue weighted by atomic mass is 32.1. The molecular formula is C27H43N3O6S. The van der Waals surface area contributed by atoms with Crippen molar-refractivity contribution in [3.8, 4) is 0 Å². The van der Waals surface area contributed by atoms with Gasteiger partial charge in [-0.25, -0.2) is 4.79 Å². The minimum atomic E-state index is -1.02. The Kier molecular flexibility index (Phi) is 14.1. The van der Waals surface area contributed by atoms with E-state index in [0.717, 1.165) is 31.2 Å². The third-order valence-electron chi connectivity index (χ3n) is 5.63. The Morgan fingerprint density at radius 1 is 1.05 bits per heavy atom. The summed E-state index contributed by atoms with van der Waals surface area (Å²) >= 11 is 4.30. The molecule has 2 atom stereocenters. The van der Waals surface area contributed by atoms with Crippen LogP contribution in [0.2, 0.25) is 0 Å². The van der Waals surface area contributed by atoms with Gasteiger partial charge in [0.1, 0.15) is 24.2 Å². The second kappa shape index (κ2) is 16.2. The van der Waals surface area contributed by atoms with Crippen LogP contribution in [0, 0.1) is 6.92 Å². The molecule has 0 aliphatic carbocycles. The molecule has 3 amide bonds. The summed E-state index contributed by atoms with van der Waals surface area (Å²) < 4.78 is 9.98. The quantitative estimate of drug-likeness (QED) is 0.188. The molecule has 0 aliphatic heterocycles. The Morgan fingerprint density at radius 3 is 2.27 bits per heavy atom. The average molecular weight is 538 g/mol. The summed E-state index contributed by atoms with van der Waals surface area (Å²) in [6.07, 6.45) is 3.97. The van der Waals surface area contributed by atoms with E-state index in [2.05, 4.69) is 34.9 Å². The Bertz CT molecular complexity index is 902. The van der Waals surface area contributed by atoms with Gasteiger partial charge in [0, 0.05) is 12.3 Å². The zero-order valence-corrected chi connectivity index (χ0v) is 23.9. The van der Waals surface area contributed by atoms with E-state index in [0.29, 0.717) is 12.0 Å². The molecular weight excluding hydrogens is 494 g/mol. The molecule has 0 spiro atoms. The van der Waals surface area contributed by atoms with Crippen LogP contribution in [0.15, 0.2) is 24.3 Å². The molecule has 0 saturated carbocycles. The number of nitrogens with zero attached hydrogens (tertiary/aromatic N) is 1. The lowest BCUT2D eigenvalue weighted by Crippen LogP contribution is -2.54. The van der Waals surface area contributed by atoms with Crippen molar-refractivity contribution in [1.29, 1.82) is 0 Å². The summed E-state index contributed by atoms with van der Waals surface area (Å²) in [6, 6.07) is 5.24. The summed E-state index contributed by atoms with van der Waals surface area (Å²) in [4.78, 5) is 53.0. The average Bonchev–Trinajstić information content (AvgIpc) is 2.84. The normalized spacial score (nSPS) is 12.7. The van der Waals surface area contributed by atoms with Gasteiger partial charge in [-0.05, 0) is 45.2 Å². The van der Waals surface area contributed by atoms with Gasteiger partial charge in [-0.3, -0.25) is 14.4 Å². The van der Waals surface area contributed by atoms with E-state index in [4.69, 9.17) is 4.74 Å². The predicted molar refractivity (Wildman–Crippen MR) is 146 cm³/mol. The number of nitrogens with one attached hydrogen (secondary N) is 2. The monoisotopic (exact) mass is 537 g/mol. The van der Waals surface area contributed by atoms with Crippen molar-refractivity contribution in [2.24, 2.45) is 0 Å². The van der Waals surface area contributed by atoms with E-state index in [1.165, 1.54) is 12.0 Å². The number of carbonyl (C=O) groups is 4. The third kappa shape index (κ3) is 11.5. The Morgan fingerprint density at radius 2 is 1.70 bits per heavy atom. The molecule has 0 heterocycles. The van der Waals surface area contributed by atoms with Gasteiger partial charge in [0.05, 0.1) is 7.11 Å². The lowest BCUT2D eigenvalue weighted by atomic mass is 9.97. The standard InChI is InChI=1S/C27H43N3O6S/c1-7-8-9-10-13-16-30(25(33)21(18-37)29-26(34)36-27(3,4)5)23(20-15-12-11-14-19(20)2)24(32)28-17-22(31)35-6/h11-12,14-15,21,23,37H,7-10,13,16-18H2,1-6H3,(H,28,32)(H,29,34). The molecule has 1 rings (SSSR count). The maximum absolute atomic E-state index is 13.9. The molecule has 1 aromatic rings. The number of rotatable bonds is 14. The summed E-state index contributed by atoms with van der Waals surface area (Å²) in [7, 11) is 1.24. The van der Waals surface area contributed by atoms with Crippen molar-refractivity contribution in [2.45, 2.75) is 84.4 Å². The Hall–Kier alpha value is -2.75. The molecule has 0 radical (unpaired) electrons. The third-order valence-corrected chi connectivity index (χ3v) is 6.00. The fourth-order valence-corrected chi connectivity index (χ4v) is 4.01. The van der Waals surface area contributed by atoms with Gasteiger partial charge in [-0.2, -0.15) is 12.6 Å². The molecule has 37 heavy (non-hydrogen) atoms. The van der Waals surface area contributed by atoms with Crippen molar-refractivity contribution in [2.75, 3.05) is 26.0 Å². The number of benzene rings is 1. The predicted octanol–water partition coefficient (Wildman–Crippen LogP) is 3.95. The SMILES string of the molecule is CCCCCCCN(C(=O)C(CS)NC(=O)OC(C)(C)C)C(C(=O)NCC(=O)OC)c1ccccc1C. The fourth-order valence-electron chi connectivity index (χ4n) is 3.76. The number of thiol groups is 1. The van der Waals surface area contributed by atoms with Gasteiger partial charge in [-0.15, -0.1) is 0 Å². The van der Waals surface area contributed by atoms with Crippen LogP contribution in [0.25, 0.3) is 0 Å². The molecule has 10 heteroatoms. The van der Waals surface area contributed by atoms with Gasteiger partial charge in [0.15, 0.2) is 0 Å². The number of carbonyl (C=O) groups excluding carboxylic acids is 4. The van der Waals surface area contributed by atoms with Gasteiger partial charge >= 0.3 is 12.1 Å². The molecule has 0 fully saturated rings. The van der Waals surface area contributed by atoms with Crippen LogP contribution in [-0.4, -0.2) is 66.4 Å². The van der Waals surface area contributed by atoms with E-state index in [-0.39, 0.29) is 18.8 Å². The van der Waals surface area contributed by atoms with Crippen LogP contribution in [0.1, 0.15) is 77.0 Å². The number of methoxy groups -OCH3 is 1. The number of aryl methyl sites for hydroxylation is 1. The number of amides is 3. The minimum absolute atomic E-state index is 0.00861. The van der Waals surface area contributed by atoms with E-state index in [1.54, 1.807) is 32.9 Å². The summed E-state index contributed by atoms with van der Waals surface area (Å²) in [5.74, 6) is -1.57. The van der Waals surface area contributed by atoms with Crippen LogP contribution in [-0.2, 0) is 23.9 Å². The number of unbranched alkanes of at least 4 members (excludes halogenated alkanes) is 4. The summed E-state index contributed by atoms with van der Waals surface area (Å²) in [6.45, 7) is 9.12. The lowest BCUT2D eigenvalue weighted by molar-refractivity contribution is -0.144. The van der Waals surface area contributed by atoms with Crippen LogP contribution in [0.4, 0.5) is 4.79 Å². The highest BCUT2D eigenvalue weighted by molar-refractivity contribution is 7.80. The molecule has 9 nitrogen and oxygen atoms in total. The molecule has 0 saturated heterocycles. The zero-order valence-electron chi connectivity index (χ0n) is 23.0. The second-order valence-corrected chi connectivity index (χ2v) is 10.2. The first-order valence-corrected chi connectivity index (χ1v) is 13.4. The lowest BCUT2D eigenvalue weighted by Gasteiger charge is -2.34. The highest BCUT2D eigenvalue weighted by Crippen LogP contribution is 2.26. The summed E-state index contributed by atoms with van der Waals surface area (Å²) in [5, 5.41) is 5.19. The van der Waals surface area contributed by atoms with Crippen LogP contribution >= 0.6 is 12.6 Å². The number of alkyl carbamates (subject to hydrolysis) is 1. The minimum Gasteiger partial charge on any atom is -0.468 e. The Balaban J connectivity index is 3.37. The van der Waals surface area contributed by atoms with Gasteiger partial charge in [0.2, 0.25) is 11.8 Å². The molecule has 1 aromatic carbocycles. The van der Waals surface area contributed by atoms with Crippen molar-refractivity contribution >= 4 is 36.5 Å². The fraction of sp³-hybridized carbons (Fsp3) is 0.630. The number of hydrogen-bond acceptors (Lipinski definition) is 7. The maximum Gasteiger partial charge on any atom is 0.408 e. The highest BCUT2D eigenvalue weighted by Gasteiger charge is 2.36. The molecule has 2 N–H and O–H groups in total.